The molecule has 0 aliphatic rings. The van der Waals surface area contributed by atoms with Crippen molar-refractivity contribution < 1.29 is 0 Å². The summed E-state index contributed by atoms with van der Waals surface area (Å²) in [6.07, 6.45) is 0. The van der Waals surface area contributed by atoms with Crippen LogP contribution in [0.15, 0.2) is 66.7 Å². The summed E-state index contributed by atoms with van der Waals surface area (Å²) in [6.45, 7) is 4.42. The SMILES string of the molecule is CC(C)c1ccc(-c2cc[c]c(-n3nnc4ccccc43)c2)cc1. The number of hydrogen-bond donors (Lipinski definition) is 0. The van der Waals surface area contributed by atoms with E-state index in [2.05, 4.69) is 66.6 Å². The van der Waals surface area contributed by atoms with E-state index in [9.17, 15) is 0 Å². The van der Waals surface area contributed by atoms with Gasteiger partial charge in [0, 0.05) is 6.07 Å². The Hall–Kier alpha value is -2.94. The normalized spacial score (nSPS) is 11.3. The summed E-state index contributed by atoms with van der Waals surface area (Å²) in [5.74, 6) is 0.542. The topological polar surface area (TPSA) is 30.7 Å². The monoisotopic (exact) mass is 312 g/mol. The number of hydrogen-bond acceptors (Lipinski definition) is 2. The highest BCUT2D eigenvalue weighted by Gasteiger charge is 2.07. The van der Waals surface area contributed by atoms with E-state index in [1.165, 1.54) is 11.1 Å². The number of fused-ring (bicyclic) bond motifs is 1. The molecule has 1 aromatic heterocycles. The smallest absolute Gasteiger partial charge is 0.113 e. The summed E-state index contributed by atoms with van der Waals surface area (Å²) in [6, 6.07) is 26.1. The van der Waals surface area contributed by atoms with E-state index in [0.29, 0.717) is 5.92 Å². The van der Waals surface area contributed by atoms with Gasteiger partial charge in [-0.2, -0.15) is 0 Å². The second-order valence-electron chi connectivity index (χ2n) is 6.23. The van der Waals surface area contributed by atoms with Crippen LogP contribution in [-0.2, 0) is 0 Å². The number of nitrogens with zero attached hydrogens (tertiary/aromatic N) is 3. The molecule has 0 amide bonds. The molecular formula is C21H18N3. The van der Waals surface area contributed by atoms with Gasteiger partial charge in [-0.3, -0.25) is 0 Å². The molecule has 0 aliphatic carbocycles. The lowest BCUT2D eigenvalue weighted by Gasteiger charge is -2.08. The molecule has 0 bridgehead atoms. The predicted octanol–water partition coefficient (Wildman–Crippen LogP) is 5.01. The Morgan fingerprint density at radius 2 is 1.71 bits per heavy atom. The molecule has 117 valence electrons. The Morgan fingerprint density at radius 3 is 2.50 bits per heavy atom. The molecular weight excluding hydrogens is 294 g/mol. The van der Waals surface area contributed by atoms with Gasteiger partial charge in [-0.25, -0.2) is 4.68 Å². The van der Waals surface area contributed by atoms with Crippen LogP contribution in [0, 0.1) is 6.07 Å². The zero-order valence-corrected chi connectivity index (χ0v) is 13.8. The summed E-state index contributed by atoms with van der Waals surface area (Å²) in [5, 5.41) is 8.49. The molecule has 0 atom stereocenters. The van der Waals surface area contributed by atoms with Crippen LogP contribution in [0.2, 0.25) is 0 Å². The maximum Gasteiger partial charge on any atom is 0.113 e. The first kappa shape index (κ1) is 14.6. The van der Waals surface area contributed by atoms with Gasteiger partial charge in [0.1, 0.15) is 5.52 Å². The molecule has 3 nitrogen and oxygen atoms in total. The average molecular weight is 312 g/mol. The van der Waals surface area contributed by atoms with Crippen LogP contribution in [0.5, 0.6) is 0 Å². The van der Waals surface area contributed by atoms with Gasteiger partial charge < -0.3 is 0 Å². The molecule has 1 radical (unpaired) electrons. The van der Waals surface area contributed by atoms with E-state index in [0.717, 1.165) is 22.3 Å². The number of aromatic nitrogens is 3. The third-order valence-electron chi connectivity index (χ3n) is 4.28. The minimum atomic E-state index is 0.542. The minimum absolute atomic E-state index is 0.542. The molecule has 3 heteroatoms. The Balaban J connectivity index is 1.76. The molecule has 4 aromatic rings. The summed E-state index contributed by atoms with van der Waals surface area (Å²) >= 11 is 0. The fraction of sp³-hybridized carbons (Fsp3) is 0.143. The largest absolute Gasteiger partial charge is 0.212 e. The molecule has 4 rings (SSSR count). The lowest BCUT2D eigenvalue weighted by molar-refractivity contribution is 0.823. The van der Waals surface area contributed by atoms with Gasteiger partial charge in [0.15, 0.2) is 0 Å². The van der Waals surface area contributed by atoms with Crippen molar-refractivity contribution in [3.05, 3.63) is 78.4 Å². The van der Waals surface area contributed by atoms with Crippen molar-refractivity contribution >= 4 is 11.0 Å². The van der Waals surface area contributed by atoms with Crippen molar-refractivity contribution in [1.82, 2.24) is 15.0 Å². The highest BCUT2D eigenvalue weighted by atomic mass is 15.4. The van der Waals surface area contributed by atoms with Gasteiger partial charge in [-0.05, 0) is 40.8 Å². The Kier molecular flexibility index (Phi) is 3.62. The van der Waals surface area contributed by atoms with E-state index in [1.54, 1.807) is 0 Å². The second-order valence-corrected chi connectivity index (χ2v) is 6.23. The number of benzene rings is 3. The van der Waals surface area contributed by atoms with Crippen LogP contribution in [0.1, 0.15) is 25.3 Å². The van der Waals surface area contributed by atoms with Crippen molar-refractivity contribution in [3.8, 4) is 16.8 Å². The van der Waals surface area contributed by atoms with Crippen LogP contribution in [-0.4, -0.2) is 15.0 Å². The fourth-order valence-electron chi connectivity index (χ4n) is 2.86. The van der Waals surface area contributed by atoms with Crippen LogP contribution in [0.25, 0.3) is 27.8 Å². The molecule has 0 spiro atoms. The molecule has 0 saturated heterocycles. The molecule has 24 heavy (non-hydrogen) atoms. The van der Waals surface area contributed by atoms with Crippen LogP contribution < -0.4 is 0 Å². The third kappa shape index (κ3) is 2.58. The Bertz CT molecular complexity index is 981. The summed E-state index contributed by atoms with van der Waals surface area (Å²) in [5.41, 5.74) is 6.47. The summed E-state index contributed by atoms with van der Waals surface area (Å²) < 4.78 is 1.83. The van der Waals surface area contributed by atoms with Gasteiger partial charge in [0.05, 0.1) is 11.2 Å². The van der Waals surface area contributed by atoms with E-state index >= 15 is 0 Å². The lowest BCUT2D eigenvalue weighted by atomic mass is 9.98. The van der Waals surface area contributed by atoms with Crippen LogP contribution in [0.3, 0.4) is 0 Å². The van der Waals surface area contributed by atoms with Gasteiger partial charge >= 0.3 is 0 Å². The van der Waals surface area contributed by atoms with Crippen molar-refractivity contribution in [3.63, 3.8) is 0 Å². The number of rotatable bonds is 3. The second kappa shape index (κ2) is 5.93. The highest BCUT2D eigenvalue weighted by Crippen LogP contribution is 2.25. The standard InChI is InChI=1S/C21H18N3/c1-15(2)16-10-12-17(13-11-16)18-6-5-7-19(14-18)24-21-9-4-3-8-20(21)22-23-24/h3-6,8-15H,1-2H3. The van der Waals surface area contributed by atoms with Gasteiger partial charge in [-0.1, -0.05) is 67.6 Å². The van der Waals surface area contributed by atoms with E-state index in [-0.39, 0.29) is 0 Å². The van der Waals surface area contributed by atoms with E-state index in [1.807, 2.05) is 35.0 Å². The summed E-state index contributed by atoms with van der Waals surface area (Å²) in [7, 11) is 0. The van der Waals surface area contributed by atoms with E-state index in [4.69, 9.17) is 0 Å². The van der Waals surface area contributed by atoms with Crippen molar-refractivity contribution in [1.29, 1.82) is 0 Å². The average Bonchev–Trinajstić information content (AvgIpc) is 3.06. The van der Waals surface area contributed by atoms with Crippen LogP contribution in [0.4, 0.5) is 0 Å². The fourth-order valence-corrected chi connectivity index (χ4v) is 2.86. The highest BCUT2D eigenvalue weighted by molar-refractivity contribution is 5.76. The Morgan fingerprint density at radius 1 is 0.917 bits per heavy atom. The molecule has 1 heterocycles. The van der Waals surface area contributed by atoms with Gasteiger partial charge in [0.25, 0.3) is 0 Å². The zero-order valence-electron chi connectivity index (χ0n) is 13.8. The first-order valence-electron chi connectivity index (χ1n) is 8.15. The predicted molar refractivity (Wildman–Crippen MR) is 97.2 cm³/mol. The van der Waals surface area contributed by atoms with Crippen molar-refractivity contribution in [2.45, 2.75) is 19.8 Å². The molecule has 0 N–H and O–H groups in total. The molecule has 0 fully saturated rings. The van der Waals surface area contributed by atoms with Gasteiger partial charge in [-0.15, -0.1) is 5.10 Å². The third-order valence-corrected chi connectivity index (χ3v) is 4.28. The van der Waals surface area contributed by atoms with Crippen molar-refractivity contribution in [2.75, 3.05) is 0 Å². The lowest BCUT2D eigenvalue weighted by Crippen LogP contribution is -1.97. The maximum absolute atomic E-state index is 4.27. The molecule has 3 aromatic carbocycles. The number of para-hydroxylation sites is 1. The van der Waals surface area contributed by atoms with E-state index < -0.39 is 0 Å². The maximum atomic E-state index is 4.27. The quantitative estimate of drug-likeness (QED) is 0.532. The van der Waals surface area contributed by atoms with Crippen molar-refractivity contribution in [2.24, 2.45) is 0 Å². The summed E-state index contributed by atoms with van der Waals surface area (Å²) in [4.78, 5) is 0. The van der Waals surface area contributed by atoms with Gasteiger partial charge in [0.2, 0.25) is 0 Å². The van der Waals surface area contributed by atoms with Crippen LogP contribution >= 0.6 is 0 Å². The minimum Gasteiger partial charge on any atom is -0.212 e. The molecule has 0 aliphatic heterocycles. The zero-order chi connectivity index (χ0) is 16.5. The molecule has 0 unspecified atom stereocenters. The molecule has 0 saturated carbocycles. The Labute approximate surface area is 141 Å². The first-order valence-corrected chi connectivity index (χ1v) is 8.15. The first-order chi connectivity index (χ1) is 11.7.